The largest absolute Gasteiger partial charge is 0.341 e. The minimum absolute atomic E-state index is 0.346. The molecule has 1 heterocycles. The Labute approximate surface area is 111 Å². The lowest BCUT2D eigenvalue weighted by Gasteiger charge is -2.32. The summed E-state index contributed by atoms with van der Waals surface area (Å²) < 4.78 is 0. The molecular formula is C15H28N2O. The standard InChI is InChI=1S/C15H28N2O/c1-3-13-6-8-14(9-7-13)16-12(2)11-17-10-4-5-15(17)18/h12-14,16H,3-11H2,1-2H3. The second-order valence-corrected chi connectivity index (χ2v) is 6.14. The molecule has 104 valence electrons. The van der Waals surface area contributed by atoms with Gasteiger partial charge in [-0.1, -0.05) is 13.3 Å². The summed E-state index contributed by atoms with van der Waals surface area (Å²) in [6.07, 6.45) is 8.53. The lowest BCUT2D eigenvalue weighted by molar-refractivity contribution is -0.128. The number of carbonyl (C=O) groups excluding carboxylic acids is 1. The van der Waals surface area contributed by atoms with E-state index in [0.717, 1.165) is 31.8 Å². The van der Waals surface area contributed by atoms with Crippen molar-refractivity contribution in [1.29, 1.82) is 0 Å². The molecule has 1 saturated heterocycles. The lowest BCUT2D eigenvalue weighted by atomic mass is 9.84. The molecule has 0 aromatic rings. The van der Waals surface area contributed by atoms with E-state index in [1.807, 2.05) is 4.90 Å². The average Bonchev–Trinajstić information content (AvgIpc) is 2.76. The van der Waals surface area contributed by atoms with Crippen molar-refractivity contribution < 1.29 is 4.79 Å². The van der Waals surface area contributed by atoms with Crippen molar-refractivity contribution in [3.63, 3.8) is 0 Å². The lowest BCUT2D eigenvalue weighted by Crippen LogP contribution is -2.45. The normalized spacial score (nSPS) is 30.8. The zero-order valence-electron chi connectivity index (χ0n) is 12.0. The quantitative estimate of drug-likeness (QED) is 0.815. The smallest absolute Gasteiger partial charge is 0.222 e. The molecule has 2 aliphatic rings. The van der Waals surface area contributed by atoms with E-state index in [1.54, 1.807) is 0 Å². The summed E-state index contributed by atoms with van der Waals surface area (Å²) in [7, 11) is 0. The van der Waals surface area contributed by atoms with Crippen LogP contribution in [0.3, 0.4) is 0 Å². The zero-order chi connectivity index (χ0) is 13.0. The third-order valence-corrected chi connectivity index (χ3v) is 4.61. The maximum absolute atomic E-state index is 11.6. The maximum atomic E-state index is 11.6. The van der Waals surface area contributed by atoms with Crippen molar-refractivity contribution >= 4 is 5.91 Å². The summed E-state index contributed by atoms with van der Waals surface area (Å²) in [5.41, 5.74) is 0. The van der Waals surface area contributed by atoms with Crippen molar-refractivity contribution in [2.45, 2.75) is 70.9 Å². The number of rotatable bonds is 5. The van der Waals surface area contributed by atoms with Gasteiger partial charge in [0.15, 0.2) is 0 Å². The van der Waals surface area contributed by atoms with Gasteiger partial charge in [-0.05, 0) is 44.9 Å². The SMILES string of the molecule is CCC1CCC(NC(C)CN2CCCC2=O)CC1. The number of carbonyl (C=O) groups is 1. The summed E-state index contributed by atoms with van der Waals surface area (Å²) in [5.74, 6) is 1.30. The number of likely N-dealkylation sites (tertiary alicyclic amines) is 1. The van der Waals surface area contributed by atoms with Gasteiger partial charge in [0.1, 0.15) is 0 Å². The van der Waals surface area contributed by atoms with Crippen LogP contribution in [0, 0.1) is 5.92 Å². The maximum Gasteiger partial charge on any atom is 0.222 e. The Morgan fingerprint density at radius 2 is 2.06 bits per heavy atom. The molecule has 1 aliphatic heterocycles. The number of hydrogen-bond donors (Lipinski definition) is 1. The van der Waals surface area contributed by atoms with E-state index >= 15 is 0 Å². The van der Waals surface area contributed by atoms with Gasteiger partial charge in [0.2, 0.25) is 5.91 Å². The van der Waals surface area contributed by atoms with Crippen LogP contribution in [-0.4, -0.2) is 36.0 Å². The molecule has 1 N–H and O–H groups in total. The van der Waals surface area contributed by atoms with E-state index in [2.05, 4.69) is 19.2 Å². The summed E-state index contributed by atoms with van der Waals surface area (Å²) >= 11 is 0. The molecule has 0 radical (unpaired) electrons. The Hall–Kier alpha value is -0.570. The Morgan fingerprint density at radius 1 is 1.33 bits per heavy atom. The van der Waals surface area contributed by atoms with Crippen LogP contribution in [0.5, 0.6) is 0 Å². The van der Waals surface area contributed by atoms with E-state index in [-0.39, 0.29) is 0 Å². The molecule has 1 amide bonds. The van der Waals surface area contributed by atoms with Crippen LogP contribution in [0.25, 0.3) is 0 Å². The Kier molecular flexibility index (Phi) is 5.04. The van der Waals surface area contributed by atoms with E-state index < -0.39 is 0 Å². The molecule has 2 rings (SSSR count). The highest BCUT2D eigenvalue weighted by molar-refractivity contribution is 5.78. The van der Waals surface area contributed by atoms with Crippen molar-refractivity contribution in [3.05, 3.63) is 0 Å². The van der Waals surface area contributed by atoms with Crippen LogP contribution >= 0.6 is 0 Å². The molecule has 18 heavy (non-hydrogen) atoms. The van der Waals surface area contributed by atoms with Crippen LogP contribution in [0.2, 0.25) is 0 Å². The van der Waals surface area contributed by atoms with Crippen LogP contribution in [-0.2, 0) is 4.79 Å². The predicted octanol–water partition coefficient (Wildman–Crippen LogP) is 2.56. The van der Waals surface area contributed by atoms with Gasteiger partial charge >= 0.3 is 0 Å². The molecule has 0 spiro atoms. The number of hydrogen-bond acceptors (Lipinski definition) is 2. The fraction of sp³-hybridized carbons (Fsp3) is 0.933. The zero-order valence-corrected chi connectivity index (χ0v) is 12.0. The van der Waals surface area contributed by atoms with E-state index in [1.165, 1.54) is 32.1 Å². The average molecular weight is 252 g/mol. The molecular weight excluding hydrogens is 224 g/mol. The van der Waals surface area contributed by atoms with Crippen molar-refractivity contribution in [2.75, 3.05) is 13.1 Å². The van der Waals surface area contributed by atoms with Gasteiger partial charge in [0.25, 0.3) is 0 Å². The third-order valence-electron chi connectivity index (χ3n) is 4.61. The molecule has 0 aromatic carbocycles. The highest BCUT2D eigenvalue weighted by Gasteiger charge is 2.24. The molecule has 1 unspecified atom stereocenters. The fourth-order valence-electron chi connectivity index (χ4n) is 3.42. The molecule has 0 aromatic heterocycles. The van der Waals surface area contributed by atoms with Crippen molar-refractivity contribution in [3.8, 4) is 0 Å². The monoisotopic (exact) mass is 252 g/mol. The summed E-state index contributed by atoms with van der Waals surface area (Å²) in [5, 5.41) is 3.72. The molecule has 3 nitrogen and oxygen atoms in total. The van der Waals surface area contributed by atoms with Gasteiger partial charge < -0.3 is 10.2 Å². The Bertz CT molecular complexity index is 272. The second-order valence-electron chi connectivity index (χ2n) is 6.14. The molecule has 1 aliphatic carbocycles. The molecule has 1 atom stereocenters. The summed E-state index contributed by atoms with van der Waals surface area (Å²) in [4.78, 5) is 13.6. The van der Waals surface area contributed by atoms with Crippen LogP contribution < -0.4 is 5.32 Å². The molecule has 2 fully saturated rings. The van der Waals surface area contributed by atoms with E-state index in [0.29, 0.717) is 18.0 Å². The summed E-state index contributed by atoms with van der Waals surface area (Å²) in [6, 6.07) is 1.12. The van der Waals surface area contributed by atoms with Gasteiger partial charge in [0.05, 0.1) is 0 Å². The Morgan fingerprint density at radius 3 is 2.61 bits per heavy atom. The van der Waals surface area contributed by atoms with E-state index in [4.69, 9.17) is 0 Å². The minimum Gasteiger partial charge on any atom is -0.341 e. The molecule has 3 heteroatoms. The number of nitrogens with one attached hydrogen (secondary N) is 1. The first-order chi connectivity index (χ1) is 8.69. The molecule has 0 bridgehead atoms. The van der Waals surface area contributed by atoms with Gasteiger partial charge in [-0.25, -0.2) is 0 Å². The highest BCUT2D eigenvalue weighted by Crippen LogP contribution is 2.26. The minimum atomic E-state index is 0.346. The topological polar surface area (TPSA) is 32.3 Å². The number of nitrogens with zero attached hydrogens (tertiary/aromatic N) is 1. The van der Waals surface area contributed by atoms with Crippen molar-refractivity contribution in [1.82, 2.24) is 10.2 Å². The van der Waals surface area contributed by atoms with Gasteiger partial charge in [0, 0.05) is 31.6 Å². The summed E-state index contributed by atoms with van der Waals surface area (Å²) in [6.45, 7) is 6.39. The van der Waals surface area contributed by atoms with Gasteiger partial charge in [-0.2, -0.15) is 0 Å². The second kappa shape index (κ2) is 6.55. The van der Waals surface area contributed by atoms with Crippen LogP contribution in [0.4, 0.5) is 0 Å². The first-order valence-electron chi connectivity index (χ1n) is 7.73. The van der Waals surface area contributed by atoms with Crippen molar-refractivity contribution in [2.24, 2.45) is 5.92 Å². The van der Waals surface area contributed by atoms with Gasteiger partial charge in [-0.3, -0.25) is 4.79 Å². The fourth-order valence-corrected chi connectivity index (χ4v) is 3.42. The first kappa shape index (κ1) is 13.9. The molecule has 1 saturated carbocycles. The third kappa shape index (κ3) is 3.71. The Balaban J connectivity index is 1.68. The van der Waals surface area contributed by atoms with Crippen LogP contribution in [0.1, 0.15) is 58.8 Å². The number of amides is 1. The highest BCUT2D eigenvalue weighted by atomic mass is 16.2. The van der Waals surface area contributed by atoms with Crippen LogP contribution in [0.15, 0.2) is 0 Å². The predicted molar refractivity (Wildman–Crippen MR) is 74.4 cm³/mol. The van der Waals surface area contributed by atoms with E-state index in [9.17, 15) is 4.79 Å². The first-order valence-corrected chi connectivity index (χ1v) is 7.73. The van der Waals surface area contributed by atoms with Gasteiger partial charge in [-0.15, -0.1) is 0 Å².